The van der Waals surface area contributed by atoms with Gasteiger partial charge in [-0.05, 0) is 31.9 Å². The van der Waals surface area contributed by atoms with E-state index < -0.39 is 16.1 Å². The molecule has 1 aliphatic heterocycles. The molecule has 0 aromatic carbocycles. The standard InChI is InChI=1S/C12H19N3O3S/c1-9-5-6-10(13)11(16)8-15(9)19(17,18)12-4-2-3-7-14-12/h2-4,7,9-11,16H,5-6,8,13H2,1H3/t9-,10-,11-/m1/s1. The van der Waals surface area contributed by atoms with Crippen molar-refractivity contribution in [2.24, 2.45) is 5.73 Å². The summed E-state index contributed by atoms with van der Waals surface area (Å²) in [4.78, 5) is 3.89. The lowest BCUT2D eigenvalue weighted by Crippen LogP contribution is -2.45. The van der Waals surface area contributed by atoms with Crippen LogP contribution in [0.4, 0.5) is 0 Å². The van der Waals surface area contributed by atoms with Crippen molar-refractivity contribution in [2.75, 3.05) is 6.54 Å². The molecule has 6 nitrogen and oxygen atoms in total. The molecular weight excluding hydrogens is 266 g/mol. The van der Waals surface area contributed by atoms with Gasteiger partial charge in [-0.1, -0.05) is 6.07 Å². The molecule has 19 heavy (non-hydrogen) atoms. The molecule has 0 bridgehead atoms. The maximum atomic E-state index is 12.5. The minimum absolute atomic E-state index is 0.00419. The number of hydrogen-bond acceptors (Lipinski definition) is 5. The van der Waals surface area contributed by atoms with E-state index in [0.717, 1.165) is 0 Å². The van der Waals surface area contributed by atoms with E-state index in [1.54, 1.807) is 12.1 Å². The number of nitrogens with zero attached hydrogens (tertiary/aromatic N) is 2. The summed E-state index contributed by atoms with van der Waals surface area (Å²) >= 11 is 0. The third kappa shape index (κ3) is 2.94. The summed E-state index contributed by atoms with van der Waals surface area (Å²) in [6, 6.07) is 4.17. The largest absolute Gasteiger partial charge is 0.390 e. The second kappa shape index (κ2) is 5.54. The van der Waals surface area contributed by atoms with Crippen LogP contribution in [0.2, 0.25) is 0 Å². The van der Waals surface area contributed by atoms with E-state index in [4.69, 9.17) is 5.73 Å². The number of hydrogen-bond donors (Lipinski definition) is 2. The highest BCUT2D eigenvalue weighted by atomic mass is 32.2. The van der Waals surface area contributed by atoms with Gasteiger partial charge in [0.1, 0.15) is 0 Å². The minimum Gasteiger partial charge on any atom is -0.390 e. The average molecular weight is 285 g/mol. The van der Waals surface area contributed by atoms with E-state index in [1.807, 2.05) is 6.92 Å². The maximum Gasteiger partial charge on any atom is 0.260 e. The van der Waals surface area contributed by atoms with Gasteiger partial charge in [0.2, 0.25) is 0 Å². The Hall–Kier alpha value is -1.02. The number of aliphatic hydroxyl groups excluding tert-OH is 1. The van der Waals surface area contributed by atoms with E-state index in [1.165, 1.54) is 16.6 Å². The summed E-state index contributed by atoms with van der Waals surface area (Å²) in [6.07, 6.45) is 1.83. The van der Waals surface area contributed by atoms with Crippen molar-refractivity contribution >= 4 is 10.0 Å². The van der Waals surface area contributed by atoms with Gasteiger partial charge < -0.3 is 10.8 Å². The van der Waals surface area contributed by atoms with Crippen molar-refractivity contribution in [3.63, 3.8) is 0 Å². The molecule has 1 fully saturated rings. The van der Waals surface area contributed by atoms with Crippen LogP contribution < -0.4 is 5.73 Å². The van der Waals surface area contributed by atoms with Gasteiger partial charge in [-0.3, -0.25) is 0 Å². The zero-order chi connectivity index (χ0) is 14.0. The fourth-order valence-corrected chi connectivity index (χ4v) is 3.84. The molecule has 2 heterocycles. The Labute approximate surface area is 113 Å². The fourth-order valence-electron chi connectivity index (χ4n) is 2.22. The topological polar surface area (TPSA) is 96.5 Å². The van der Waals surface area contributed by atoms with Crippen molar-refractivity contribution < 1.29 is 13.5 Å². The van der Waals surface area contributed by atoms with Crippen molar-refractivity contribution in [1.82, 2.24) is 9.29 Å². The van der Waals surface area contributed by atoms with Crippen molar-refractivity contribution in [3.05, 3.63) is 24.4 Å². The third-order valence-electron chi connectivity index (χ3n) is 3.48. The van der Waals surface area contributed by atoms with E-state index in [2.05, 4.69) is 4.98 Å². The molecule has 0 saturated carbocycles. The molecule has 0 spiro atoms. The van der Waals surface area contributed by atoms with E-state index >= 15 is 0 Å². The zero-order valence-electron chi connectivity index (χ0n) is 10.8. The number of rotatable bonds is 2. The lowest BCUT2D eigenvalue weighted by Gasteiger charge is -2.27. The van der Waals surface area contributed by atoms with Crippen LogP contribution in [0, 0.1) is 0 Å². The van der Waals surface area contributed by atoms with Gasteiger partial charge in [0.15, 0.2) is 5.03 Å². The molecule has 106 valence electrons. The lowest BCUT2D eigenvalue weighted by molar-refractivity contribution is 0.126. The first-order valence-electron chi connectivity index (χ1n) is 6.29. The van der Waals surface area contributed by atoms with Gasteiger partial charge in [-0.25, -0.2) is 13.4 Å². The summed E-state index contributed by atoms with van der Waals surface area (Å²) in [5.41, 5.74) is 5.80. The fraction of sp³-hybridized carbons (Fsp3) is 0.583. The molecule has 1 aromatic heterocycles. The Balaban J connectivity index is 2.33. The van der Waals surface area contributed by atoms with Crippen LogP contribution in [0.5, 0.6) is 0 Å². The Kier molecular flexibility index (Phi) is 4.19. The normalized spacial score (nSPS) is 29.9. The number of β-amino-alcohol motifs (C(OH)–C–C–N with tert-alkyl or cyclic N) is 1. The molecule has 3 atom stereocenters. The van der Waals surface area contributed by atoms with Crippen LogP contribution in [-0.4, -0.2) is 47.5 Å². The van der Waals surface area contributed by atoms with Gasteiger partial charge in [-0.2, -0.15) is 4.31 Å². The molecule has 1 saturated heterocycles. The zero-order valence-corrected chi connectivity index (χ0v) is 11.6. The first kappa shape index (κ1) is 14.4. The summed E-state index contributed by atoms with van der Waals surface area (Å²) in [5.74, 6) is 0. The second-order valence-corrected chi connectivity index (χ2v) is 6.74. The highest BCUT2D eigenvalue weighted by Crippen LogP contribution is 2.23. The van der Waals surface area contributed by atoms with Crippen LogP contribution in [0.3, 0.4) is 0 Å². The molecule has 7 heteroatoms. The summed E-state index contributed by atoms with van der Waals surface area (Å²) in [6.45, 7) is 1.84. The Morgan fingerprint density at radius 3 is 2.79 bits per heavy atom. The molecule has 2 rings (SSSR count). The second-order valence-electron chi connectivity index (χ2n) is 4.90. The first-order chi connectivity index (χ1) is 8.93. The number of aliphatic hydroxyl groups is 1. The van der Waals surface area contributed by atoms with Crippen LogP contribution in [0.15, 0.2) is 29.4 Å². The number of sulfonamides is 1. The Morgan fingerprint density at radius 2 is 2.16 bits per heavy atom. The molecule has 0 amide bonds. The third-order valence-corrected chi connectivity index (χ3v) is 5.38. The molecule has 0 aliphatic carbocycles. The van der Waals surface area contributed by atoms with Crippen molar-refractivity contribution in [1.29, 1.82) is 0 Å². The van der Waals surface area contributed by atoms with Gasteiger partial charge in [0.25, 0.3) is 10.0 Å². The predicted octanol–water partition coefficient (Wildman–Crippen LogP) is -0.0572. The highest BCUT2D eigenvalue weighted by Gasteiger charge is 2.35. The molecular formula is C12H19N3O3S. The van der Waals surface area contributed by atoms with E-state index in [9.17, 15) is 13.5 Å². The Morgan fingerprint density at radius 1 is 1.42 bits per heavy atom. The maximum absolute atomic E-state index is 12.5. The van der Waals surface area contributed by atoms with Gasteiger partial charge in [-0.15, -0.1) is 0 Å². The van der Waals surface area contributed by atoms with Crippen LogP contribution >= 0.6 is 0 Å². The van der Waals surface area contributed by atoms with Crippen LogP contribution in [0.1, 0.15) is 19.8 Å². The Bertz CT molecular complexity index is 520. The monoisotopic (exact) mass is 285 g/mol. The predicted molar refractivity (Wildman–Crippen MR) is 70.8 cm³/mol. The van der Waals surface area contributed by atoms with Gasteiger partial charge in [0, 0.05) is 24.8 Å². The van der Waals surface area contributed by atoms with Gasteiger partial charge >= 0.3 is 0 Å². The average Bonchev–Trinajstić information content (AvgIpc) is 2.53. The highest BCUT2D eigenvalue weighted by molar-refractivity contribution is 7.89. The molecule has 3 N–H and O–H groups in total. The SMILES string of the molecule is C[C@@H]1CC[C@@H](N)[C@H](O)CN1S(=O)(=O)c1ccccn1. The van der Waals surface area contributed by atoms with Gasteiger partial charge in [0.05, 0.1) is 6.10 Å². The van der Waals surface area contributed by atoms with E-state index in [-0.39, 0.29) is 23.7 Å². The minimum atomic E-state index is -3.68. The van der Waals surface area contributed by atoms with E-state index in [0.29, 0.717) is 12.8 Å². The molecule has 0 radical (unpaired) electrons. The van der Waals surface area contributed by atoms with Crippen LogP contribution in [-0.2, 0) is 10.0 Å². The summed E-state index contributed by atoms with van der Waals surface area (Å²) in [7, 11) is -3.68. The molecule has 1 aliphatic rings. The molecule has 1 aromatic rings. The number of nitrogens with two attached hydrogens (primary N) is 1. The first-order valence-corrected chi connectivity index (χ1v) is 7.73. The van der Waals surface area contributed by atoms with Crippen molar-refractivity contribution in [2.45, 2.75) is 43.0 Å². The van der Waals surface area contributed by atoms with Crippen molar-refractivity contribution in [3.8, 4) is 0 Å². The molecule has 0 unspecified atom stereocenters. The smallest absolute Gasteiger partial charge is 0.260 e. The summed E-state index contributed by atoms with van der Waals surface area (Å²) in [5, 5.41) is 9.91. The lowest BCUT2D eigenvalue weighted by atomic mass is 10.1. The number of pyridine rings is 1. The number of aromatic nitrogens is 1. The quantitative estimate of drug-likeness (QED) is 0.793. The summed E-state index contributed by atoms with van der Waals surface area (Å²) < 4.78 is 26.3. The van der Waals surface area contributed by atoms with Crippen LogP contribution in [0.25, 0.3) is 0 Å².